The van der Waals surface area contributed by atoms with Crippen LogP contribution >= 0.6 is 0 Å². The molecule has 3 rings (SSSR count). The van der Waals surface area contributed by atoms with Crippen molar-refractivity contribution in [1.82, 2.24) is 14.3 Å². The van der Waals surface area contributed by atoms with Crippen LogP contribution in [0.3, 0.4) is 0 Å². The molecule has 21 heavy (non-hydrogen) atoms. The first-order valence-electron chi connectivity index (χ1n) is 7.16. The SMILES string of the molecule is CS(=O)(=O)N1CCC(CNc2nc3ccccc3[nH]2)CC1. The lowest BCUT2D eigenvalue weighted by Crippen LogP contribution is -2.39. The molecule has 0 spiro atoms. The molecular formula is C14H20N4O2S. The van der Waals surface area contributed by atoms with Gasteiger partial charge in [-0.15, -0.1) is 0 Å². The Hall–Kier alpha value is -1.60. The summed E-state index contributed by atoms with van der Waals surface area (Å²) in [5, 5.41) is 3.32. The summed E-state index contributed by atoms with van der Waals surface area (Å²) in [6.45, 7) is 2.05. The average molecular weight is 308 g/mol. The maximum absolute atomic E-state index is 11.5. The van der Waals surface area contributed by atoms with Crippen LogP contribution in [0, 0.1) is 5.92 Å². The molecule has 0 saturated carbocycles. The van der Waals surface area contributed by atoms with E-state index in [1.165, 1.54) is 6.26 Å². The van der Waals surface area contributed by atoms with Gasteiger partial charge < -0.3 is 10.3 Å². The van der Waals surface area contributed by atoms with Crippen LogP contribution in [0.2, 0.25) is 0 Å². The quantitative estimate of drug-likeness (QED) is 0.900. The highest BCUT2D eigenvalue weighted by Gasteiger charge is 2.24. The lowest BCUT2D eigenvalue weighted by atomic mass is 9.98. The van der Waals surface area contributed by atoms with Gasteiger partial charge in [-0.05, 0) is 30.9 Å². The Morgan fingerprint density at radius 2 is 2.05 bits per heavy atom. The molecular weight excluding hydrogens is 288 g/mol. The number of sulfonamides is 1. The Bertz CT molecular complexity index is 684. The minimum atomic E-state index is -3.04. The monoisotopic (exact) mass is 308 g/mol. The van der Waals surface area contributed by atoms with Crippen LogP contribution in [0.1, 0.15) is 12.8 Å². The minimum Gasteiger partial charge on any atom is -0.356 e. The van der Waals surface area contributed by atoms with Gasteiger partial charge in [-0.3, -0.25) is 0 Å². The van der Waals surface area contributed by atoms with Crippen LogP contribution in [0.15, 0.2) is 24.3 Å². The topological polar surface area (TPSA) is 78.1 Å². The van der Waals surface area contributed by atoms with Crippen molar-refractivity contribution >= 4 is 27.0 Å². The van der Waals surface area contributed by atoms with E-state index in [1.54, 1.807) is 4.31 Å². The van der Waals surface area contributed by atoms with E-state index in [9.17, 15) is 8.42 Å². The maximum Gasteiger partial charge on any atom is 0.211 e. The number of para-hydroxylation sites is 2. The predicted octanol–water partition coefficient (Wildman–Crippen LogP) is 1.65. The third kappa shape index (κ3) is 3.36. The Kier molecular flexibility index (Phi) is 3.86. The van der Waals surface area contributed by atoms with Gasteiger partial charge in [0.05, 0.1) is 17.3 Å². The highest BCUT2D eigenvalue weighted by Crippen LogP contribution is 2.20. The highest BCUT2D eigenvalue weighted by molar-refractivity contribution is 7.88. The van der Waals surface area contributed by atoms with Crippen LogP contribution < -0.4 is 5.32 Å². The second kappa shape index (κ2) is 5.65. The van der Waals surface area contributed by atoms with Crippen LogP contribution in [0.4, 0.5) is 5.95 Å². The van der Waals surface area contributed by atoms with Gasteiger partial charge in [0.15, 0.2) is 0 Å². The molecule has 0 amide bonds. The molecule has 1 aliphatic heterocycles. The van der Waals surface area contributed by atoms with Crippen molar-refractivity contribution in [2.24, 2.45) is 5.92 Å². The summed E-state index contributed by atoms with van der Waals surface area (Å²) in [5.74, 6) is 1.26. The van der Waals surface area contributed by atoms with Gasteiger partial charge in [0.25, 0.3) is 0 Å². The molecule has 7 heteroatoms. The van der Waals surface area contributed by atoms with E-state index in [1.807, 2.05) is 24.3 Å². The van der Waals surface area contributed by atoms with Crippen molar-refractivity contribution in [3.63, 3.8) is 0 Å². The van der Waals surface area contributed by atoms with Crippen molar-refractivity contribution in [2.75, 3.05) is 31.2 Å². The number of rotatable bonds is 4. The van der Waals surface area contributed by atoms with Gasteiger partial charge in [0.2, 0.25) is 16.0 Å². The number of hydrogen-bond donors (Lipinski definition) is 2. The first kappa shape index (κ1) is 14.3. The number of anilines is 1. The second-order valence-electron chi connectivity index (χ2n) is 5.59. The first-order chi connectivity index (χ1) is 10.0. The molecule has 1 aromatic heterocycles. The molecule has 1 fully saturated rings. The molecule has 0 atom stereocenters. The van der Waals surface area contributed by atoms with Crippen molar-refractivity contribution < 1.29 is 8.42 Å². The van der Waals surface area contributed by atoms with Crippen LogP contribution in [-0.4, -0.2) is 48.6 Å². The number of hydrogen-bond acceptors (Lipinski definition) is 4. The lowest BCUT2D eigenvalue weighted by molar-refractivity contribution is 0.283. The second-order valence-corrected chi connectivity index (χ2v) is 7.57. The van der Waals surface area contributed by atoms with E-state index >= 15 is 0 Å². The summed E-state index contributed by atoms with van der Waals surface area (Å²) >= 11 is 0. The number of nitrogens with zero attached hydrogens (tertiary/aromatic N) is 2. The largest absolute Gasteiger partial charge is 0.356 e. The number of imidazole rings is 1. The van der Waals surface area contributed by atoms with E-state index in [4.69, 9.17) is 0 Å². The standard InChI is InChI=1S/C14H20N4O2S/c1-21(19,20)18-8-6-11(7-9-18)10-15-14-16-12-4-2-3-5-13(12)17-14/h2-5,11H,6-10H2,1H3,(H2,15,16,17). The maximum atomic E-state index is 11.5. The number of piperidine rings is 1. The fraction of sp³-hybridized carbons (Fsp3) is 0.500. The predicted molar refractivity (Wildman–Crippen MR) is 83.7 cm³/mol. The normalized spacial score (nSPS) is 18.1. The van der Waals surface area contributed by atoms with Gasteiger partial charge in [-0.25, -0.2) is 17.7 Å². The summed E-state index contributed by atoms with van der Waals surface area (Å²) in [4.78, 5) is 7.72. The molecule has 6 nitrogen and oxygen atoms in total. The lowest BCUT2D eigenvalue weighted by Gasteiger charge is -2.30. The minimum absolute atomic E-state index is 0.483. The molecule has 0 aliphatic carbocycles. The molecule has 1 aliphatic rings. The smallest absolute Gasteiger partial charge is 0.211 e. The van der Waals surface area contributed by atoms with Gasteiger partial charge in [-0.1, -0.05) is 12.1 Å². The van der Waals surface area contributed by atoms with E-state index in [-0.39, 0.29) is 0 Å². The molecule has 1 saturated heterocycles. The van der Waals surface area contributed by atoms with Gasteiger partial charge in [0, 0.05) is 19.6 Å². The average Bonchev–Trinajstić information content (AvgIpc) is 2.87. The molecule has 2 N–H and O–H groups in total. The number of aromatic amines is 1. The molecule has 1 aromatic carbocycles. The number of fused-ring (bicyclic) bond motifs is 1. The zero-order valence-electron chi connectivity index (χ0n) is 12.0. The molecule has 114 valence electrons. The molecule has 2 heterocycles. The highest BCUT2D eigenvalue weighted by atomic mass is 32.2. The first-order valence-corrected chi connectivity index (χ1v) is 9.01. The molecule has 0 radical (unpaired) electrons. The van der Waals surface area contributed by atoms with Crippen molar-refractivity contribution in [3.8, 4) is 0 Å². The molecule has 0 unspecified atom stereocenters. The fourth-order valence-corrected chi connectivity index (χ4v) is 3.60. The Balaban J connectivity index is 1.54. The Labute approximate surface area is 124 Å². The number of nitrogens with one attached hydrogen (secondary N) is 2. The van der Waals surface area contributed by atoms with Crippen LogP contribution in [0.25, 0.3) is 11.0 Å². The summed E-state index contributed by atoms with van der Waals surface area (Å²) in [7, 11) is -3.04. The van der Waals surface area contributed by atoms with Crippen LogP contribution in [-0.2, 0) is 10.0 Å². The Morgan fingerprint density at radius 3 is 2.71 bits per heavy atom. The van der Waals surface area contributed by atoms with Gasteiger partial charge in [0.1, 0.15) is 0 Å². The molecule has 2 aromatic rings. The number of benzene rings is 1. The van der Waals surface area contributed by atoms with E-state index in [0.29, 0.717) is 19.0 Å². The fourth-order valence-electron chi connectivity index (χ4n) is 2.72. The van der Waals surface area contributed by atoms with E-state index in [2.05, 4.69) is 15.3 Å². The van der Waals surface area contributed by atoms with Gasteiger partial charge in [-0.2, -0.15) is 0 Å². The third-order valence-electron chi connectivity index (χ3n) is 3.99. The summed E-state index contributed by atoms with van der Waals surface area (Å²) in [5.41, 5.74) is 1.97. The Morgan fingerprint density at radius 1 is 1.33 bits per heavy atom. The van der Waals surface area contributed by atoms with Crippen molar-refractivity contribution in [3.05, 3.63) is 24.3 Å². The van der Waals surface area contributed by atoms with Gasteiger partial charge >= 0.3 is 0 Å². The van der Waals surface area contributed by atoms with Crippen LogP contribution in [0.5, 0.6) is 0 Å². The van der Waals surface area contributed by atoms with Crippen molar-refractivity contribution in [1.29, 1.82) is 0 Å². The summed E-state index contributed by atoms with van der Waals surface area (Å²) < 4.78 is 24.5. The molecule has 0 bridgehead atoms. The zero-order valence-corrected chi connectivity index (χ0v) is 12.9. The summed E-state index contributed by atoms with van der Waals surface area (Å²) in [6, 6.07) is 7.92. The van der Waals surface area contributed by atoms with Crippen molar-refractivity contribution in [2.45, 2.75) is 12.8 Å². The van der Waals surface area contributed by atoms with E-state index in [0.717, 1.165) is 36.4 Å². The number of H-pyrrole nitrogens is 1. The third-order valence-corrected chi connectivity index (χ3v) is 5.29. The van der Waals surface area contributed by atoms with E-state index < -0.39 is 10.0 Å². The summed E-state index contributed by atoms with van der Waals surface area (Å²) in [6.07, 6.45) is 3.06. The number of aromatic nitrogens is 2. The zero-order chi connectivity index (χ0) is 14.9.